The van der Waals surface area contributed by atoms with Crippen LogP contribution in [0.2, 0.25) is 0 Å². The average Bonchev–Trinajstić information content (AvgIpc) is 2.97. The Hall–Kier alpha value is -3.32. The van der Waals surface area contributed by atoms with Gasteiger partial charge in [0.1, 0.15) is 18.9 Å². The molecule has 0 unspecified atom stereocenters. The highest BCUT2D eigenvalue weighted by molar-refractivity contribution is 5.88. The zero-order chi connectivity index (χ0) is 19.4. The van der Waals surface area contributed by atoms with Crippen LogP contribution in [0, 0.1) is 0 Å². The van der Waals surface area contributed by atoms with E-state index in [1.807, 2.05) is 18.3 Å². The SMILES string of the molecule is NCCc1cn(CC(=O)O)c2ccc(OCc3cccc(C(=O)O)c3)cc12. The third-order valence-corrected chi connectivity index (χ3v) is 4.23. The third-order valence-electron chi connectivity index (χ3n) is 4.23. The largest absolute Gasteiger partial charge is 0.489 e. The van der Waals surface area contributed by atoms with E-state index in [9.17, 15) is 9.59 Å². The van der Waals surface area contributed by atoms with Crippen LogP contribution in [0.4, 0.5) is 0 Å². The van der Waals surface area contributed by atoms with E-state index in [1.54, 1.807) is 28.8 Å². The van der Waals surface area contributed by atoms with Gasteiger partial charge in [-0.25, -0.2) is 4.79 Å². The molecule has 0 bridgehead atoms. The summed E-state index contributed by atoms with van der Waals surface area (Å²) in [5.74, 6) is -1.27. The van der Waals surface area contributed by atoms with E-state index in [0.29, 0.717) is 18.7 Å². The molecule has 0 aliphatic rings. The number of nitrogens with two attached hydrogens (primary N) is 1. The lowest BCUT2D eigenvalue weighted by Gasteiger charge is -2.08. The van der Waals surface area contributed by atoms with Gasteiger partial charge in [-0.15, -0.1) is 0 Å². The van der Waals surface area contributed by atoms with Crippen molar-refractivity contribution in [2.75, 3.05) is 6.54 Å². The van der Waals surface area contributed by atoms with Crippen LogP contribution in [0.25, 0.3) is 10.9 Å². The molecule has 0 amide bonds. The first kappa shape index (κ1) is 18.5. The number of hydrogen-bond donors (Lipinski definition) is 3. The van der Waals surface area contributed by atoms with Crippen molar-refractivity contribution in [3.8, 4) is 5.75 Å². The third kappa shape index (κ3) is 4.27. The summed E-state index contributed by atoms with van der Waals surface area (Å²) in [5.41, 5.74) is 8.40. The van der Waals surface area contributed by atoms with Gasteiger partial charge in [0, 0.05) is 17.1 Å². The van der Waals surface area contributed by atoms with Crippen molar-refractivity contribution in [3.05, 3.63) is 65.4 Å². The average molecular weight is 368 g/mol. The van der Waals surface area contributed by atoms with Gasteiger partial charge in [0.2, 0.25) is 0 Å². The molecule has 0 aliphatic heterocycles. The number of carboxylic acids is 2. The Morgan fingerprint density at radius 3 is 2.63 bits per heavy atom. The fourth-order valence-corrected chi connectivity index (χ4v) is 3.03. The molecule has 1 aromatic heterocycles. The molecule has 3 aromatic rings. The van der Waals surface area contributed by atoms with Gasteiger partial charge < -0.3 is 25.3 Å². The molecule has 7 heteroatoms. The second kappa shape index (κ2) is 7.92. The van der Waals surface area contributed by atoms with E-state index in [0.717, 1.165) is 22.0 Å². The van der Waals surface area contributed by atoms with Gasteiger partial charge in [0.25, 0.3) is 0 Å². The van der Waals surface area contributed by atoms with Crippen molar-refractivity contribution in [1.29, 1.82) is 0 Å². The van der Waals surface area contributed by atoms with E-state index in [1.165, 1.54) is 6.07 Å². The Morgan fingerprint density at radius 2 is 1.93 bits per heavy atom. The minimum absolute atomic E-state index is 0.122. The lowest BCUT2D eigenvalue weighted by atomic mass is 10.1. The Morgan fingerprint density at radius 1 is 1.11 bits per heavy atom. The maximum Gasteiger partial charge on any atom is 0.335 e. The second-order valence-electron chi connectivity index (χ2n) is 6.19. The maximum absolute atomic E-state index is 11.1. The molecule has 0 saturated carbocycles. The summed E-state index contributed by atoms with van der Waals surface area (Å²) in [6, 6.07) is 12.0. The molecule has 0 aliphatic carbocycles. The first-order valence-electron chi connectivity index (χ1n) is 8.46. The minimum Gasteiger partial charge on any atom is -0.489 e. The van der Waals surface area contributed by atoms with Gasteiger partial charge >= 0.3 is 11.9 Å². The summed E-state index contributed by atoms with van der Waals surface area (Å²) < 4.78 is 7.49. The molecule has 0 radical (unpaired) electrons. The van der Waals surface area contributed by atoms with Gasteiger partial charge in [-0.05, 0) is 54.4 Å². The van der Waals surface area contributed by atoms with Crippen LogP contribution in [0.1, 0.15) is 21.5 Å². The molecule has 0 spiro atoms. The monoisotopic (exact) mass is 368 g/mol. The molecular weight excluding hydrogens is 348 g/mol. The van der Waals surface area contributed by atoms with Crippen LogP contribution in [0.15, 0.2) is 48.7 Å². The molecule has 3 rings (SSSR count). The number of fused-ring (bicyclic) bond motifs is 1. The van der Waals surface area contributed by atoms with Crippen molar-refractivity contribution >= 4 is 22.8 Å². The molecule has 140 valence electrons. The predicted molar refractivity (Wildman–Crippen MR) is 100 cm³/mol. The van der Waals surface area contributed by atoms with Gasteiger partial charge in [-0.1, -0.05) is 12.1 Å². The predicted octanol–water partition coefficient (Wildman–Crippen LogP) is 2.50. The Bertz CT molecular complexity index is 993. The van der Waals surface area contributed by atoms with Crippen LogP contribution in [-0.2, 0) is 24.4 Å². The number of aliphatic carboxylic acids is 1. The van der Waals surface area contributed by atoms with Crippen molar-refractivity contribution in [3.63, 3.8) is 0 Å². The van der Waals surface area contributed by atoms with E-state index >= 15 is 0 Å². The number of carbonyl (C=O) groups is 2. The summed E-state index contributed by atoms with van der Waals surface area (Å²) in [5, 5.41) is 19.0. The minimum atomic E-state index is -0.982. The molecule has 2 aromatic carbocycles. The lowest BCUT2D eigenvalue weighted by molar-refractivity contribution is -0.137. The van der Waals surface area contributed by atoms with Crippen molar-refractivity contribution < 1.29 is 24.5 Å². The van der Waals surface area contributed by atoms with Gasteiger partial charge in [0.05, 0.1) is 5.56 Å². The molecule has 4 N–H and O–H groups in total. The highest BCUT2D eigenvalue weighted by atomic mass is 16.5. The summed E-state index contributed by atoms with van der Waals surface area (Å²) in [7, 11) is 0. The van der Waals surface area contributed by atoms with Crippen LogP contribution in [0.3, 0.4) is 0 Å². The number of benzene rings is 2. The molecule has 0 fully saturated rings. The van der Waals surface area contributed by atoms with Gasteiger partial charge in [0.15, 0.2) is 0 Å². The number of ether oxygens (including phenoxy) is 1. The molecular formula is C20H20N2O5. The number of hydrogen-bond acceptors (Lipinski definition) is 4. The molecule has 27 heavy (non-hydrogen) atoms. The smallest absolute Gasteiger partial charge is 0.335 e. The topological polar surface area (TPSA) is 115 Å². The number of aromatic carboxylic acids is 1. The highest BCUT2D eigenvalue weighted by Crippen LogP contribution is 2.27. The van der Waals surface area contributed by atoms with E-state index < -0.39 is 11.9 Å². The van der Waals surface area contributed by atoms with E-state index in [2.05, 4.69) is 0 Å². The summed E-state index contributed by atoms with van der Waals surface area (Å²) in [4.78, 5) is 22.1. The molecule has 1 heterocycles. The summed E-state index contributed by atoms with van der Waals surface area (Å²) >= 11 is 0. The Balaban J connectivity index is 1.85. The van der Waals surface area contributed by atoms with Crippen molar-refractivity contribution in [1.82, 2.24) is 4.57 Å². The fourth-order valence-electron chi connectivity index (χ4n) is 3.03. The standard InChI is InChI=1S/C20H20N2O5/c21-7-6-15-10-22(11-19(23)24)18-5-4-16(9-17(15)18)27-12-13-2-1-3-14(8-13)20(25)26/h1-5,8-10H,6-7,11-12,21H2,(H,23,24)(H,25,26). The second-order valence-corrected chi connectivity index (χ2v) is 6.19. The number of nitrogens with zero attached hydrogens (tertiary/aromatic N) is 1. The number of aromatic nitrogens is 1. The first-order chi connectivity index (χ1) is 13.0. The van der Waals surface area contributed by atoms with Crippen molar-refractivity contribution in [2.45, 2.75) is 19.6 Å². The number of rotatable bonds is 8. The van der Waals surface area contributed by atoms with Crippen LogP contribution in [-0.4, -0.2) is 33.3 Å². The normalized spacial score (nSPS) is 10.9. The molecule has 7 nitrogen and oxygen atoms in total. The van der Waals surface area contributed by atoms with Gasteiger partial charge in [-0.3, -0.25) is 4.79 Å². The summed E-state index contributed by atoms with van der Waals surface area (Å²) in [6.45, 7) is 0.567. The van der Waals surface area contributed by atoms with Crippen LogP contribution < -0.4 is 10.5 Å². The summed E-state index contributed by atoms with van der Waals surface area (Å²) in [6.07, 6.45) is 2.44. The first-order valence-corrected chi connectivity index (χ1v) is 8.46. The van der Waals surface area contributed by atoms with Crippen molar-refractivity contribution in [2.24, 2.45) is 5.73 Å². The quantitative estimate of drug-likeness (QED) is 0.563. The Labute approximate surface area is 155 Å². The lowest BCUT2D eigenvalue weighted by Crippen LogP contribution is -2.07. The fraction of sp³-hybridized carbons (Fsp3) is 0.200. The zero-order valence-electron chi connectivity index (χ0n) is 14.6. The molecule has 0 saturated heterocycles. The maximum atomic E-state index is 11.1. The highest BCUT2D eigenvalue weighted by Gasteiger charge is 2.12. The Kier molecular flexibility index (Phi) is 5.42. The van der Waals surface area contributed by atoms with Gasteiger partial charge in [-0.2, -0.15) is 0 Å². The molecule has 0 atom stereocenters. The number of carboxylic acid groups (broad SMARTS) is 2. The van der Waals surface area contributed by atoms with Crippen LogP contribution >= 0.6 is 0 Å². The van der Waals surface area contributed by atoms with Crippen LogP contribution in [0.5, 0.6) is 5.75 Å². The zero-order valence-corrected chi connectivity index (χ0v) is 14.6. The van der Waals surface area contributed by atoms with E-state index in [4.69, 9.17) is 20.7 Å². The van der Waals surface area contributed by atoms with E-state index in [-0.39, 0.29) is 18.7 Å².